The molecule has 0 radical (unpaired) electrons. The highest BCUT2D eigenvalue weighted by molar-refractivity contribution is 9.09. The van der Waals surface area contributed by atoms with Crippen LogP contribution in [0.4, 0.5) is 13.2 Å². The third kappa shape index (κ3) is 4.24. The second-order valence-electron chi connectivity index (χ2n) is 3.59. The molecule has 102 valence electrons. The van der Waals surface area contributed by atoms with Crippen molar-refractivity contribution < 1.29 is 13.2 Å². The Hall–Kier alpha value is -1.56. The lowest BCUT2D eigenvalue weighted by molar-refractivity contribution is -0.137. The van der Waals surface area contributed by atoms with Crippen molar-refractivity contribution in [3.63, 3.8) is 0 Å². The van der Waals surface area contributed by atoms with Crippen LogP contribution in [-0.4, -0.2) is 11.0 Å². The lowest BCUT2D eigenvalue weighted by Gasteiger charge is -2.12. The van der Waals surface area contributed by atoms with E-state index in [1.807, 2.05) is 0 Å². The van der Waals surface area contributed by atoms with Gasteiger partial charge in [-0.2, -0.15) is 13.2 Å². The molecule has 6 heteroatoms. The number of nitrogens with zero attached hydrogens (tertiary/aromatic N) is 1. The van der Waals surface area contributed by atoms with Crippen molar-refractivity contribution in [3.8, 4) is 0 Å². The lowest BCUT2D eigenvalue weighted by Crippen LogP contribution is -2.08. The largest absolute Gasteiger partial charge is 0.417 e. The van der Waals surface area contributed by atoms with E-state index in [4.69, 9.17) is 5.73 Å². The standard InChI is InChI=1S/C13H12BrF3N2/c1-9(19-10(8-14)6-7-18)11-4-2-3-5-12(11)13(15,16)17/h2-7H,1,8,18H2/b7-6-,19-10+. The van der Waals surface area contributed by atoms with Crippen LogP contribution in [0.25, 0.3) is 5.70 Å². The highest BCUT2D eigenvalue weighted by Crippen LogP contribution is 2.34. The molecule has 0 amide bonds. The normalized spacial score (nSPS) is 12.9. The molecule has 0 saturated heterocycles. The fraction of sp³-hybridized carbons (Fsp3) is 0.154. The van der Waals surface area contributed by atoms with Gasteiger partial charge in [-0.15, -0.1) is 0 Å². The summed E-state index contributed by atoms with van der Waals surface area (Å²) in [7, 11) is 0. The second-order valence-corrected chi connectivity index (χ2v) is 4.15. The van der Waals surface area contributed by atoms with Gasteiger partial charge in [-0.05, 0) is 18.3 Å². The van der Waals surface area contributed by atoms with Gasteiger partial charge in [0.05, 0.1) is 17.0 Å². The SMILES string of the molecule is C=C(/N=C(\C=C/N)CBr)c1ccccc1C(F)(F)F. The predicted octanol–water partition coefficient (Wildman–Crippen LogP) is 3.98. The molecule has 0 fully saturated rings. The van der Waals surface area contributed by atoms with Gasteiger partial charge in [-0.1, -0.05) is 40.7 Å². The molecule has 19 heavy (non-hydrogen) atoms. The number of allylic oxidation sites excluding steroid dienone is 1. The van der Waals surface area contributed by atoms with Gasteiger partial charge in [-0.3, -0.25) is 4.99 Å². The molecule has 0 aliphatic heterocycles. The molecule has 0 bridgehead atoms. The van der Waals surface area contributed by atoms with Crippen LogP contribution in [0.5, 0.6) is 0 Å². The lowest BCUT2D eigenvalue weighted by atomic mass is 10.0. The molecule has 0 spiro atoms. The van der Waals surface area contributed by atoms with Gasteiger partial charge in [0.2, 0.25) is 0 Å². The maximum absolute atomic E-state index is 12.8. The topological polar surface area (TPSA) is 38.4 Å². The average molecular weight is 333 g/mol. The summed E-state index contributed by atoms with van der Waals surface area (Å²) in [6, 6.07) is 5.18. The van der Waals surface area contributed by atoms with Crippen molar-refractivity contribution in [2.45, 2.75) is 6.18 Å². The van der Waals surface area contributed by atoms with Crippen LogP contribution in [0.1, 0.15) is 11.1 Å². The van der Waals surface area contributed by atoms with E-state index in [9.17, 15) is 13.2 Å². The predicted molar refractivity (Wildman–Crippen MR) is 75.0 cm³/mol. The van der Waals surface area contributed by atoms with Crippen LogP contribution in [0.2, 0.25) is 0 Å². The summed E-state index contributed by atoms with van der Waals surface area (Å²) in [6.07, 6.45) is -1.67. The Bertz CT molecular complexity index is 519. The Balaban J connectivity index is 3.21. The molecule has 0 unspecified atom stereocenters. The van der Waals surface area contributed by atoms with Gasteiger partial charge in [-0.25, -0.2) is 0 Å². The number of nitrogens with two attached hydrogens (primary N) is 1. The quantitative estimate of drug-likeness (QED) is 0.657. The maximum atomic E-state index is 12.8. The van der Waals surface area contributed by atoms with Crippen LogP contribution < -0.4 is 5.73 Å². The summed E-state index contributed by atoms with van der Waals surface area (Å²) < 4.78 is 38.5. The third-order valence-corrected chi connectivity index (χ3v) is 2.82. The van der Waals surface area contributed by atoms with E-state index < -0.39 is 11.7 Å². The Morgan fingerprint density at radius 2 is 2.00 bits per heavy atom. The molecule has 1 aromatic rings. The number of benzene rings is 1. The van der Waals surface area contributed by atoms with Gasteiger partial charge >= 0.3 is 6.18 Å². The van der Waals surface area contributed by atoms with Crippen molar-refractivity contribution in [2.24, 2.45) is 10.7 Å². The minimum Gasteiger partial charge on any atom is -0.405 e. The Morgan fingerprint density at radius 3 is 2.53 bits per heavy atom. The van der Waals surface area contributed by atoms with Gasteiger partial charge in [0.15, 0.2) is 0 Å². The molecule has 1 aromatic carbocycles. The molecule has 0 heterocycles. The number of hydrogen-bond acceptors (Lipinski definition) is 2. The molecule has 1 rings (SSSR count). The molecule has 0 aliphatic carbocycles. The zero-order chi connectivity index (χ0) is 14.5. The van der Waals surface area contributed by atoms with Crippen LogP contribution in [0.15, 0.2) is 48.1 Å². The van der Waals surface area contributed by atoms with Gasteiger partial charge in [0.25, 0.3) is 0 Å². The zero-order valence-corrected chi connectivity index (χ0v) is 11.5. The second kappa shape index (κ2) is 6.56. The van der Waals surface area contributed by atoms with Crippen LogP contribution in [0, 0.1) is 0 Å². The summed E-state index contributed by atoms with van der Waals surface area (Å²) in [5.74, 6) is 0. The number of aliphatic imine (C=N–C) groups is 1. The van der Waals surface area contributed by atoms with Crippen molar-refractivity contribution in [1.29, 1.82) is 0 Å². The van der Waals surface area contributed by atoms with Gasteiger partial charge in [0.1, 0.15) is 0 Å². The number of hydrogen-bond donors (Lipinski definition) is 1. The highest BCUT2D eigenvalue weighted by atomic mass is 79.9. The first-order chi connectivity index (χ1) is 8.90. The fourth-order valence-corrected chi connectivity index (χ4v) is 1.75. The summed E-state index contributed by atoms with van der Waals surface area (Å²) in [5, 5.41) is 0.369. The van der Waals surface area contributed by atoms with Crippen molar-refractivity contribution in [1.82, 2.24) is 0 Å². The first kappa shape index (κ1) is 15.5. The van der Waals surface area contributed by atoms with Crippen molar-refractivity contribution in [2.75, 3.05) is 5.33 Å². The van der Waals surface area contributed by atoms with Crippen molar-refractivity contribution >= 4 is 27.3 Å². The fourth-order valence-electron chi connectivity index (χ4n) is 1.44. The first-order valence-corrected chi connectivity index (χ1v) is 6.39. The molecular weight excluding hydrogens is 321 g/mol. The van der Waals surface area contributed by atoms with E-state index in [0.29, 0.717) is 11.0 Å². The molecular formula is C13H12BrF3N2. The smallest absolute Gasteiger partial charge is 0.405 e. The Labute approximate surface area is 117 Å². The molecule has 0 aliphatic rings. The number of rotatable bonds is 4. The van der Waals surface area contributed by atoms with Crippen LogP contribution in [-0.2, 0) is 6.18 Å². The summed E-state index contributed by atoms with van der Waals surface area (Å²) in [4.78, 5) is 4.04. The molecule has 0 saturated carbocycles. The Morgan fingerprint density at radius 1 is 1.37 bits per heavy atom. The van der Waals surface area contributed by atoms with Crippen molar-refractivity contribution in [3.05, 3.63) is 54.2 Å². The third-order valence-electron chi connectivity index (χ3n) is 2.25. The summed E-state index contributed by atoms with van der Waals surface area (Å²) in [5.41, 5.74) is 4.96. The zero-order valence-electron chi connectivity index (χ0n) is 9.91. The average Bonchev–Trinajstić information content (AvgIpc) is 2.37. The Kier molecular flexibility index (Phi) is 5.35. The molecule has 2 nitrogen and oxygen atoms in total. The number of alkyl halides is 4. The molecule has 0 atom stereocenters. The van der Waals surface area contributed by atoms with E-state index in [-0.39, 0.29) is 11.3 Å². The summed E-state index contributed by atoms with van der Waals surface area (Å²) >= 11 is 3.17. The minimum atomic E-state index is -4.44. The van der Waals surface area contributed by atoms with E-state index in [1.165, 1.54) is 30.5 Å². The number of halogens is 4. The van der Waals surface area contributed by atoms with E-state index in [2.05, 4.69) is 27.5 Å². The minimum absolute atomic E-state index is 0.0421. The monoisotopic (exact) mass is 332 g/mol. The van der Waals surface area contributed by atoms with Gasteiger partial charge in [0, 0.05) is 10.9 Å². The summed E-state index contributed by atoms with van der Waals surface area (Å²) in [6.45, 7) is 3.59. The molecule has 0 aromatic heterocycles. The van der Waals surface area contributed by atoms with E-state index in [1.54, 1.807) is 0 Å². The maximum Gasteiger partial charge on any atom is 0.417 e. The van der Waals surface area contributed by atoms with Crippen LogP contribution >= 0.6 is 15.9 Å². The molecule has 2 N–H and O–H groups in total. The van der Waals surface area contributed by atoms with E-state index in [0.717, 1.165) is 6.07 Å². The van der Waals surface area contributed by atoms with Gasteiger partial charge < -0.3 is 5.73 Å². The van der Waals surface area contributed by atoms with Crippen LogP contribution in [0.3, 0.4) is 0 Å². The highest BCUT2D eigenvalue weighted by Gasteiger charge is 2.33. The first-order valence-electron chi connectivity index (χ1n) is 5.27. The van der Waals surface area contributed by atoms with E-state index >= 15 is 0 Å².